The second-order valence-corrected chi connectivity index (χ2v) is 7.65. The molecular weight excluding hydrogens is 392 g/mol. The second-order valence-electron chi connectivity index (χ2n) is 7.22. The third kappa shape index (κ3) is 5.92. The Hall–Kier alpha value is -2.15. The number of hydrogen-bond donors (Lipinski definition) is 2. The van der Waals surface area contributed by atoms with Crippen LogP contribution in [0.25, 0.3) is 11.3 Å². The fraction of sp³-hybridized carbons (Fsp3) is 0.455. The summed E-state index contributed by atoms with van der Waals surface area (Å²) in [4.78, 5) is 17.5. The van der Waals surface area contributed by atoms with Crippen LogP contribution in [-0.2, 0) is 4.74 Å². The van der Waals surface area contributed by atoms with Crippen molar-refractivity contribution in [1.29, 1.82) is 0 Å². The summed E-state index contributed by atoms with van der Waals surface area (Å²) in [5.41, 5.74) is 1.75. The number of carbonyl (C=O) groups excluding carboxylic acids is 1. The lowest BCUT2D eigenvalue weighted by Gasteiger charge is -2.27. The van der Waals surface area contributed by atoms with Gasteiger partial charge in [-0.3, -0.25) is 4.79 Å². The number of aliphatic hydroxyl groups excluding tert-OH is 1. The maximum atomic E-state index is 12.9. The first-order chi connectivity index (χ1) is 14.1. The quantitative estimate of drug-likeness (QED) is 0.639. The fourth-order valence-electron chi connectivity index (χ4n) is 3.51. The number of hydrogen-bond acceptors (Lipinski definition) is 5. The van der Waals surface area contributed by atoms with Crippen molar-refractivity contribution >= 4 is 17.5 Å². The van der Waals surface area contributed by atoms with Gasteiger partial charge in [0.15, 0.2) is 0 Å². The van der Waals surface area contributed by atoms with Gasteiger partial charge in [-0.2, -0.15) is 0 Å². The van der Waals surface area contributed by atoms with Gasteiger partial charge in [0, 0.05) is 36.2 Å². The van der Waals surface area contributed by atoms with Crippen LogP contribution in [0.3, 0.4) is 0 Å². The molecule has 29 heavy (non-hydrogen) atoms. The molecule has 3 rings (SSSR count). The lowest BCUT2D eigenvalue weighted by molar-refractivity contribution is 0.0663. The van der Waals surface area contributed by atoms with Crippen LogP contribution in [0.4, 0.5) is 0 Å². The molecule has 0 spiro atoms. The summed E-state index contributed by atoms with van der Waals surface area (Å²) in [5, 5.41) is 13.7. The topological polar surface area (TPSA) is 80.7 Å². The number of aliphatic hydroxyl groups is 1. The van der Waals surface area contributed by atoms with E-state index in [0.29, 0.717) is 41.9 Å². The van der Waals surface area contributed by atoms with Crippen molar-refractivity contribution in [1.82, 2.24) is 10.3 Å². The Labute approximate surface area is 176 Å². The highest BCUT2D eigenvalue weighted by Crippen LogP contribution is 2.27. The van der Waals surface area contributed by atoms with Crippen molar-refractivity contribution in [2.24, 2.45) is 5.92 Å². The van der Waals surface area contributed by atoms with Gasteiger partial charge >= 0.3 is 0 Å². The van der Waals surface area contributed by atoms with E-state index in [9.17, 15) is 9.90 Å². The number of nitrogens with zero attached hydrogens (tertiary/aromatic N) is 1. The molecule has 6 nitrogen and oxygen atoms in total. The van der Waals surface area contributed by atoms with E-state index < -0.39 is 0 Å². The highest BCUT2D eigenvalue weighted by atomic mass is 35.5. The van der Waals surface area contributed by atoms with Crippen LogP contribution >= 0.6 is 11.6 Å². The number of amides is 1. The lowest BCUT2D eigenvalue weighted by atomic mass is 9.86. The molecule has 1 aliphatic rings. The van der Waals surface area contributed by atoms with Gasteiger partial charge in [0.2, 0.25) is 5.88 Å². The van der Waals surface area contributed by atoms with Gasteiger partial charge in [0.1, 0.15) is 6.61 Å². The molecule has 2 aromatic rings. The minimum absolute atomic E-state index is 0.0938. The molecule has 7 heteroatoms. The number of methoxy groups -OCH3 is 1. The molecule has 0 saturated heterocycles. The Morgan fingerprint density at radius 2 is 1.93 bits per heavy atom. The number of carbonyl (C=O) groups is 1. The second kappa shape index (κ2) is 10.6. The molecule has 156 valence electrons. The van der Waals surface area contributed by atoms with Gasteiger partial charge in [-0.25, -0.2) is 4.98 Å². The molecule has 1 heterocycles. The smallest absolute Gasteiger partial charge is 0.253 e. The average molecular weight is 419 g/mol. The van der Waals surface area contributed by atoms with E-state index in [1.165, 1.54) is 0 Å². The summed E-state index contributed by atoms with van der Waals surface area (Å²) in [5.74, 6) is 0.297. The number of benzene rings is 1. The summed E-state index contributed by atoms with van der Waals surface area (Å²) >= 11 is 6.00. The van der Waals surface area contributed by atoms with E-state index in [2.05, 4.69) is 10.3 Å². The lowest BCUT2D eigenvalue weighted by Crippen LogP contribution is -2.36. The Morgan fingerprint density at radius 3 is 2.66 bits per heavy atom. The van der Waals surface area contributed by atoms with E-state index in [1.807, 2.05) is 12.1 Å². The van der Waals surface area contributed by atoms with Crippen LogP contribution in [0.1, 0.15) is 36.0 Å². The Kier molecular flexibility index (Phi) is 7.86. The van der Waals surface area contributed by atoms with E-state index in [4.69, 9.17) is 21.1 Å². The predicted molar refractivity (Wildman–Crippen MR) is 112 cm³/mol. The molecule has 2 unspecified atom stereocenters. The normalized spacial score (nSPS) is 19.0. The number of nitrogens with one attached hydrogen (secondary N) is 1. The zero-order valence-electron chi connectivity index (χ0n) is 16.6. The minimum atomic E-state index is -0.352. The number of pyridine rings is 1. The van der Waals surface area contributed by atoms with Crippen LogP contribution in [0.5, 0.6) is 5.88 Å². The van der Waals surface area contributed by atoms with Crippen molar-refractivity contribution in [3.8, 4) is 17.1 Å². The molecule has 1 amide bonds. The van der Waals surface area contributed by atoms with Gasteiger partial charge in [-0.05, 0) is 31.0 Å². The van der Waals surface area contributed by atoms with Crippen LogP contribution in [-0.4, -0.2) is 49.0 Å². The third-order valence-corrected chi connectivity index (χ3v) is 5.42. The number of rotatable bonds is 8. The van der Waals surface area contributed by atoms with E-state index >= 15 is 0 Å². The van der Waals surface area contributed by atoms with Gasteiger partial charge in [0.25, 0.3) is 5.91 Å². The van der Waals surface area contributed by atoms with Crippen molar-refractivity contribution in [3.63, 3.8) is 0 Å². The van der Waals surface area contributed by atoms with Crippen molar-refractivity contribution in [2.75, 3.05) is 26.9 Å². The maximum Gasteiger partial charge on any atom is 0.253 e. The molecule has 2 N–H and O–H groups in total. The van der Waals surface area contributed by atoms with E-state index in [1.54, 1.807) is 31.4 Å². The molecule has 1 aliphatic carbocycles. The first-order valence-corrected chi connectivity index (χ1v) is 10.3. The van der Waals surface area contributed by atoms with Crippen LogP contribution in [0.2, 0.25) is 5.02 Å². The first-order valence-electron chi connectivity index (χ1n) is 9.93. The number of halogens is 1. The van der Waals surface area contributed by atoms with E-state index in [-0.39, 0.29) is 17.9 Å². The molecule has 1 aromatic heterocycles. The minimum Gasteiger partial charge on any atom is -0.475 e. The Bertz CT molecular complexity index is 813. The summed E-state index contributed by atoms with van der Waals surface area (Å²) in [6, 6.07) is 10.6. The molecule has 1 fully saturated rings. The molecule has 0 aliphatic heterocycles. The molecular formula is C22H27ClN2O4. The molecule has 0 radical (unpaired) electrons. The van der Waals surface area contributed by atoms with Gasteiger partial charge in [0.05, 0.1) is 24.0 Å². The molecule has 1 aromatic carbocycles. The molecule has 1 saturated carbocycles. The van der Waals surface area contributed by atoms with Crippen molar-refractivity contribution in [2.45, 2.75) is 31.8 Å². The van der Waals surface area contributed by atoms with E-state index in [0.717, 1.165) is 31.2 Å². The number of aromatic nitrogens is 1. The maximum absolute atomic E-state index is 12.9. The summed E-state index contributed by atoms with van der Waals surface area (Å²) in [6.45, 7) is 1.27. The zero-order valence-corrected chi connectivity index (χ0v) is 17.3. The molecule has 0 bridgehead atoms. The standard InChI is InChI=1S/C22H27ClN2O4/c1-28-12-13-29-20-11-10-18(21(25-20)15-6-8-17(23)9-7-15)22(27)24-14-16-4-2-3-5-19(16)26/h6-11,16,19,26H,2-5,12-14H2,1H3,(H,24,27). The highest BCUT2D eigenvalue weighted by Gasteiger charge is 2.24. The SMILES string of the molecule is COCCOc1ccc(C(=O)NCC2CCCCC2O)c(-c2ccc(Cl)cc2)n1. The van der Waals surface area contributed by atoms with Gasteiger partial charge < -0.3 is 19.9 Å². The van der Waals surface area contributed by atoms with Crippen molar-refractivity contribution in [3.05, 3.63) is 47.0 Å². The van der Waals surface area contributed by atoms with Gasteiger partial charge in [-0.15, -0.1) is 0 Å². The summed E-state index contributed by atoms with van der Waals surface area (Å²) in [7, 11) is 1.60. The zero-order chi connectivity index (χ0) is 20.6. The van der Waals surface area contributed by atoms with Crippen LogP contribution in [0.15, 0.2) is 36.4 Å². The van der Waals surface area contributed by atoms with Gasteiger partial charge in [-0.1, -0.05) is 36.6 Å². The number of ether oxygens (including phenoxy) is 2. The first kappa shape index (κ1) is 21.6. The van der Waals surface area contributed by atoms with Crippen LogP contribution < -0.4 is 10.1 Å². The third-order valence-electron chi connectivity index (χ3n) is 5.16. The summed E-state index contributed by atoms with van der Waals surface area (Å²) < 4.78 is 10.6. The van der Waals surface area contributed by atoms with Crippen molar-refractivity contribution < 1.29 is 19.4 Å². The monoisotopic (exact) mass is 418 g/mol. The predicted octanol–water partition coefficient (Wildman–Crippen LogP) is 3.71. The van der Waals surface area contributed by atoms with Crippen LogP contribution in [0, 0.1) is 5.92 Å². The highest BCUT2D eigenvalue weighted by molar-refractivity contribution is 6.30. The Morgan fingerprint density at radius 1 is 1.17 bits per heavy atom. The summed E-state index contributed by atoms with van der Waals surface area (Å²) in [6.07, 6.45) is 3.50. The average Bonchev–Trinajstić information content (AvgIpc) is 2.73. The largest absolute Gasteiger partial charge is 0.475 e. The molecule has 2 atom stereocenters. The fourth-order valence-corrected chi connectivity index (χ4v) is 3.63. The Balaban J connectivity index is 1.79.